The number of primary amides is 1. The number of nitrogens with two attached hydrogens (primary N) is 1. The summed E-state index contributed by atoms with van der Waals surface area (Å²) in [6.45, 7) is -0.522. The second-order valence-electron chi connectivity index (χ2n) is 9.76. The molecule has 1 unspecified atom stereocenters. The first-order valence-corrected chi connectivity index (χ1v) is 16.3. The zero-order chi connectivity index (χ0) is 30.8. The van der Waals surface area contributed by atoms with Crippen LogP contribution in [-0.2, 0) is 29.6 Å². The van der Waals surface area contributed by atoms with Crippen molar-refractivity contribution < 1.29 is 26.4 Å². The molecule has 2 amide bonds. The molecule has 5 rings (SSSR count). The van der Waals surface area contributed by atoms with Gasteiger partial charge in [-0.15, -0.1) is 0 Å². The summed E-state index contributed by atoms with van der Waals surface area (Å²) in [4.78, 5) is 29.7. The van der Waals surface area contributed by atoms with Crippen LogP contribution in [0.5, 0.6) is 0 Å². The van der Waals surface area contributed by atoms with E-state index in [-0.39, 0.29) is 22.2 Å². The Morgan fingerprint density at radius 1 is 0.907 bits per heavy atom. The fraction of sp³-hybridized carbons (Fsp3) is 0.100. The maximum Gasteiger partial charge on any atom is 0.261 e. The number of sulfonamides is 2. The Bertz CT molecular complexity index is 1930. The second-order valence-corrected chi connectivity index (χ2v) is 13.3. The molecule has 13 heteroatoms. The minimum Gasteiger partial charge on any atom is -0.368 e. The molecule has 0 spiro atoms. The Hall–Kier alpha value is -5.01. The lowest BCUT2D eigenvalue weighted by molar-refractivity contribution is -0.117. The van der Waals surface area contributed by atoms with Crippen LogP contribution in [0.1, 0.15) is 17.0 Å². The van der Waals surface area contributed by atoms with E-state index >= 15 is 0 Å². The van der Waals surface area contributed by atoms with Gasteiger partial charge in [0.25, 0.3) is 10.0 Å². The van der Waals surface area contributed by atoms with Crippen LogP contribution in [0.4, 0.5) is 22.7 Å². The summed E-state index contributed by atoms with van der Waals surface area (Å²) in [5.74, 6) is -2.04. The number of hydrogen-bond donors (Lipinski definition) is 3. The number of amides is 2. The zero-order valence-electron chi connectivity index (χ0n) is 22.8. The van der Waals surface area contributed by atoms with Crippen LogP contribution in [0.25, 0.3) is 0 Å². The molecule has 4 N–H and O–H groups in total. The topological polar surface area (TPSA) is 168 Å². The van der Waals surface area contributed by atoms with Crippen molar-refractivity contribution in [2.45, 2.75) is 10.8 Å². The fourth-order valence-electron chi connectivity index (χ4n) is 4.69. The molecule has 4 aromatic carbocycles. The number of carbonyl (C=O) groups excluding carboxylic acids is 2. The van der Waals surface area contributed by atoms with Crippen molar-refractivity contribution in [3.8, 4) is 0 Å². The van der Waals surface area contributed by atoms with Gasteiger partial charge in [-0.2, -0.15) is 0 Å². The highest BCUT2D eigenvalue weighted by molar-refractivity contribution is 7.92. The number of rotatable bonds is 10. The van der Waals surface area contributed by atoms with Crippen molar-refractivity contribution >= 4 is 60.3 Å². The smallest absolute Gasteiger partial charge is 0.261 e. The monoisotopic (exact) mass is 617 g/mol. The van der Waals surface area contributed by atoms with Gasteiger partial charge in [-0.3, -0.25) is 23.6 Å². The third-order valence-corrected chi connectivity index (χ3v) is 9.16. The van der Waals surface area contributed by atoms with Gasteiger partial charge in [0.05, 0.1) is 28.2 Å². The van der Waals surface area contributed by atoms with E-state index in [2.05, 4.69) is 10.0 Å². The minimum absolute atomic E-state index is 0.0986. The summed E-state index contributed by atoms with van der Waals surface area (Å²) in [6.07, 6.45) is 0.972. The lowest BCUT2D eigenvalue weighted by Crippen LogP contribution is -2.37. The van der Waals surface area contributed by atoms with Gasteiger partial charge in [0.1, 0.15) is 12.5 Å². The van der Waals surface area contributed by atoms with E-state index < -0.39 is 38.4 Å². The van der Waals surface area contributed by atoms with Crippen LogP contribution in [0.15, 0.2) is 113 Å². The van der Waals surface area contributed by atoms with Crippen LogP contribution in [-0.4, -0.2) is 47.2 Å². The van der Waals surface area contributed by atoms with E-state index in [1.807, 2.05) is 6.07 Å². The van der Waals surface area contributed by atoms with Crippen LogP contribution >= 0.6 is 0 Å². The van der Waals surface area contributed by atoms with E-state index in [9.17, 15) is 26.4 Å². The van der Waals surface area contributed by atoms with Gasteiger partial charge in [0.15, 0.2) is 0 Å². The summed E-state index contributed by atoms with van der Waals surface area (Å²) >= 11 is 0. The molecule has 0 aromatic heterocycles. The number of anilines is 3. The van der Waals surface area contributed by atoms with Crippen molar-refractivity contribution in [3.05, 3.63) is 114 Å². The molecular formula is C30H27N5O6S2. The van der Waals surface area contributed by atoms with E-state index in [4.69, 9.17) is 10.7 Å². The predicted octanol–water partition coefficient (Wildman–Crippen LogP) is 3.60. The van der Waals surface area contributed by atoms with Crippen molar-refractivity contribution in [2.24, 2.45) is 10.7 Å². The number of hydrogen-bond acceptors (Lipinski definition) is 7. The molecule has 1 aliphatic heterocycles. The Morgan fingerprint density at radius 2 is 1.53 bits per heavy atom. The number of nitrogens with one attached hydrogen (secondary N) is 2. The normalized spacial score (nSPS) is 15.0. The number of nitrogens with zero attached hydrogens (tertiary/aromatic N) is 2. The maximum absolute atomic E-state index is 13.4. The summed E-state index contributed by atoms with van der Waals surface area (Å²) in [6, 6.07) is 27.9. The van der Waals surface area contributed by atoms with Gasteiger partial charge in [-0.25, -0.2) is 16.8 Å². The summed E-state index contributed by atoms with van der Waals surface area (Å²) in [7, 11) is -7.66. The molecule has 0 saturated carbocycles. The molecule has 0 fully saturated rings. The molecule has 0 aliphatic carbocycles. The maximum atomic E-state index is 13.4. The molecule has 0 bridgehead atoms. The quantitative estimate of drug-likeness (QED) is 0.230. The third-order valence-electron chi connectivity index (χ3n) is 6.62. The first kappa shape index (κ1) is 29.5. The molecule has 1 aliphatic rings. The largest absolute Gasteiger partial charge is 0.368 e. The number of carbonyl (C=O) groups is 2. The van der Waals surface area contributed by atoms with E-state index in [1.165, 1.54) is 24.3 Å². The molecule has 0 saturated heterocycles. The van der Waals surface area contributed by atoms with Gasteiger partial charge in [0.2, 0.25) is 21.8 Å². The van der Waals surface area contributed by atoms with Gasteiger partial charge in [-0.05, 0) is 65.7 Å². The number of fused-ring (bicyclic) bond motifs is 1. The minimum atomic E-state index is -3.87. The van der Waals surface area contributed by atoms with Gasteiger partial charge in [0, 0.05) is 11.4 Å². The van der Waals surface area contributed by atoms with Crippen LogP contribution < -0.4 is 20.1 Å². The molecule has 4 aromatic rings. The Labute approximate surface area is 249 Å². The highest BCUT2D eigenvalue weighted by Crippen LogP contribution is 2.38. The van der Waals surface area contributed by atoms with E-state index in [0.29, 0.717) is 28.2 Å². The van der Waals surface area contributed by atoms with Gasteiger partial charge >= 0.3 is 0 Å². The highest BCUT2D eigenvalue weighted by atomic mass is 32.2. The lowest BCUT2D eigenvalue weighted by Gasteiger charge is -2.21. The number of aliphatic imine (C=N–C) groups is 1. The Kier molecular flexibility index (Phi) is 8.02. The standard InChI is InChI=1S/C30H27N5O6S2/c1-42(38,39)35(19-27(31)36)23-15-12-21(13-16-23)32-29(20-8-4-2-5-9-20)28-25-18-22(14-17-26(25)33-30(28)37)34-43(40,41)24-10-6-3-7-11-24/h2-18,28,34H,19H2,1H3,(H2,31,36)(H,33,37). The van der Waals surface area contributed by atoms with Gasteiger partial charge < -0.3 is 11.1 Å². The zero-order valence-corrected chi connectivity index (χ0v) is 24.5. The van der Waals surface area contributed by atoms with Crippen molar-refractivity contribution in [1.29, 1.82) is 0 Å². The fourth-order valence-corrected chi connectivity index (χ4v) is 6.63. The number of benzene rings is 4. The third kappa shape index (κ3) is 6.58. The van der Waals surface area contributed by atoms with Crippen LogP contribution in [0.3, 0.4) is 0 Å². The van der Waals surface area contributed by atoms with Crippen LogP contribution in [0.2, 0.25) is 0 Å². The van der Waals surface area contributed by atoms with Crippen molar-refractivity contribution in [3.63, 3.8) is 0 Å². The second kappa shape index (κ2) is 11.7. The predicted molar refractivity (Wildman–Crippen MR) is 166 cm³/mol. The van der Waals surface area contributed by atoms with Crippen molar-refractivity contribution in [1.82, 2.24) is 0 Å². The SMILES string of the molecule is CS(=O)(=O)N(CC(N)=O)c1ccc(N=C(c2ccccc2)C2C(=O)Nc3ccc(NS(=O)(=O)c4ccccc4)cc32)cc1. The Balaban J connectivity index is 1.54. The van der Waals surface area contributed by atoms with Gasteiger partial charge in [-0.1, -0.05) is 48.5 Å². The summed E-state index contributed by atoms with van der Waals surface area (Å²) in [5.41, 5.74) is 8.25. The summed E-state index contributed by atoms with van der Waals surface area (Å²) in [5, 5.41) is 2.85. The molecule has 0 radical (unpaired) electrons. The molecule has 43 heavy (non-hydrogen) atoms. The molecule has 220 valence electrons. The highest BCUT2D eigenvalue weighted by Gasteiger charge is 2.36. The first-order chi connectivity index (χ1) is 20.4. The first-order valence-electron chi connectivity index (χ1n) is 13.0. The average molecular weight is 618 g/mol. The molecule has 11 nitrogen and oxygen atoms in total. The Morgan fingerprint density at radius 3 is 2.14 bits per heavy atom. The van der Waals surface area contributed by atoms with Crippen LogP contribution in [0, 0.1) is 0 Å². The lowest BCUT2D eigenvalue weighted by atomic mass is 9.90. The van der Waals surface area contributed by atoms with E-state index in [0.717, 1.165) is 10.6 Å². The molecule has 1 atom stereocenters. The molecular weight excluding hydrogens is 590 g/mol. The molecule has 1 heterocycles. The van der Waals surface area contributed by atoms with E-state index in [1.54, 1.807) is 72.8 Å². The average Bonchev–Trinajstić information content (AvgIpc) is 3.30. The van der Waals surface area contributed by atoms with Crippen molar-refractivity contribution in [2.75, 3.05) is 27.1 Å². The summed E-state index contributed by atoms with van der Waals surface area (Å²) < 4.78 is 53.9.